The molecule has 0 saturated carbocycles. The lowest BCUT2D eigenvalue weighted by Crippen LogP contribution is -2.14. The number of aryl methyl sites for hydroxylation is 4. The third-order valence-corrected chi connectivity index (χ3v) is 5.72. The van der Waals surface area contributed by atoms with Crippen molar-refractivity contribution in [3.8, 4) is 17.2 Å². The van der Waals surface area contributed by atoms with Crippen LogP contribution in [0.15, 0.2) is 24.3 Å². The summed E-state index contributed by atoms with van der Waals surface area (Å²) in [4.78, 5) is 24.6. The van der Waals surface area contributed by atoms with Gasteiger partial charge in [0, 0.05) is 12.8 Å². The van der Waals surface area contributed by atoms with Crippen molar-refractivity contribution in [3.63, 3.8) is 0 Å². The number of benzene rings is 2. The van der Waals surface area contributed by atoms with E-state index in [0.29, 0.717) is 12.2 Å². The van der Waals surface area contributed by atoms with Crippen molar-refractivity contribution in [1.82, 2.24) is 0 Å². The normalized spacial score (nSPS) is 11.4. The highest BCUT2D eigenvalue weighted by Crippen LogP contribution is 2.35. The molecule has 180 valence electrons. The second-order valence-corrected chi connectivity index (χ2v) is 9.69. The maximum Gasteiger partial charge on any atom is 0.311 e. The molecule has 0 unspecified atom stereocenters. The molecule has 0 aromatic heterocycles. The van der Waals surface area contributed by atoms with Gasteiger partial charge >= 0.3 is 11.9 Å². The van der Waals surface area contributed by atoms with Gasteiger partial charge in [-0.2, -0.15) is 0 Å². The standard InChI is InChI=1S/C28H38O5/c1-8-10-11-21-17-24(23(15-18(21)3)32-25(29)9-2)33-26(30)13-12-20-14-19(4)27(31)22(16-20)28(5,6)7/h14-17,31H,8-13H2,1-7H3. The molecule has 5 heteroatoms. The van der Waals surface area contributed by atoms with Gasteiger partial charge in [0.15, 0.2) is 11.5 Å². The van der Waals surface area contributed by atoms with Gasteiger partial charge in [-0.3, -0.25) is 9.59 Å². The molecule has 0 saturated heterocycles. The van der Waals surface area contributed by atoms with Gasteiger partial charge < -0.3 is 14.6 Å². The van der Waals surface area contributed by atoms with E-state index in [1.54, 1.807) is 13.0 Å². The van der Waals surface area contributed by atoms with Crippen molar-refractivity contribution in [2.45, 2.75) is 92.4 Å². The number of carbonyl (C=O) groups excluding carboxylic acids is 2. The Kier molecular flexibility index (Phi) is 9.09. The number of unbranched alkanes of at least 4 members (excludes halogenated alkanes) is 1. The minimum Gasteiger partial charge on any atom is -0.507 e. The lowest BCUT2D eigenvalue weighted by molar-refractivity contribution is -0.137. The molecule has 0 fully saturated rings. The Bertz CT molecular complexity index is 998. The highest BCUT2D eigenvalue weighted by Gasteiger charge is 2.21. The molecule has 5 nitrogen and oxygen atoms in total. The van der Waals surface area contributed by atoms with Crippen LogP contribution in [0.25, 0.3) is 0 Å². The Morgan fingerprint density at radius 1 is 0.879 bits per heavy atom. The van der Waals surface area contributed by atoms with Crippen LogP contribution >= 0.6 is 0 Å². The fourth-order valence-corrected chi connectivity index (χ4v) is 3.68. The van der Waals surface area contributed by atoms with E-state index >= 15 is 0 Å². The zero-order chi connectivity index (χ0) is 24.8. The maximum atomic E-state index is 12.7. The number of aromatic hydroxyl groups is 1. The van der Waals surface area contributed by atoms with E-state index in [-0.39, 0.29) is 35.7 Å². The zero-order valence-corrected chi connectivity index (χ0v) is 21.1. The Morgan fingerprint density at radius 3 is 2.12 bits per heavy atom. The third-order valence-electron chi connectivity index (χ3n) is 5.72. The first-order valence-electron chi connectivity index (χ1n) is 11.8. The van der Waals surface area contributed by atoms with Crippen LogP contribution in [-0.2, 0) is 27.8 Å². The van der Waals surface area contributed by atoms with E-state index in [2.05, 4.69) is 6.92 Å². The van der Waals surface area contributed by atoms with Crippen molar-refractivity contribution in [2.24, 2.45) is 0 Å². The minimum absolute atomic E-state index is 0.174. The zero-order valence-electron chi connectivity index (χ0n) is 21.1. The second kappa shape index (κ2) is 11.4. The number of hydrogen-bond acceptors (Lipinski definition) is 5. The summed E-state index contributed by atoms with van der Waals surface area (Å²) >= 11 is 0. The summed E-state index contributed by atoms with van der Waals surface area (Å²) < 4.78 is 11.1. The third kappa shape index (κ3) is 7.34. The molecule has 1 N–H and O–H groups in total. The van der Waals surface area contributed by atoms with Crippen LogP contribution in [0.1, 0.15) is 88.1 Å². The molecule has 0 aliphatic heterocycles. The van der Waals surface area contributed by atoms with E-state index in [0.717, 1.165) is 47.1 Å². The number of phenols is 1. The summed E-state index contributed by atoms with van der Waals surface area (Å²) in [6.45, 7) is 13.8. The molecular weight excluding hydrogens is 416 g/mol. The lowest BCUT2D eigenvalue weighted by atomic mass is 9.83. The van der Waals surface area contributed by atoms with Gasteiger partial charge in [0.2, 0.25) is 0 Å². The second-order valence-electron chi connectivity index (χ2n) is 9.69. The molecule has 0 amide bonds. The highest BCUT2D eigenvalue weighted by atomic mass is 16.6. The van der Waals surface area contributed by atoms with E-state index in [4.69, 9.17) is 9.47 Å². The van der Waals surface area contributed by atoms with Gasteiger partial charge in [0.1, 0.15) is 5.75 Å². The number of rotatable bonds is 9. The summed E-state index contributed by atoms with van der Waals surface area (Å²) in [5, 5.41) is 10.4. The predicted molar refractivity (Wildman–Crippen MR) is 131 cm³/mol. The van der Waals surface area contributed by atoms with Crippen LogP contribution in [0.5, 0.6) is 17.2 Å². The van der Waals surface area contributed by atoms with Crippen molar-refractivity contribution in [2.75, 3.05) is 0 Å². The summed E-state index contributed by atoms with van der Waals surface area (Å²) in [6.07, 6.45) is 3.86. The molecule has 33 heavy (non-hydrogen) atoms. The van der Waals surface area contributed by atoms with Gasteiger partial charge in [-0.05, 0) is 78.5 Å². The van der Waals surface area contributed by atoms with E-state index in [9.17, 15) is 14.7 Å². The summed E-state index contributed by atoms with van der Waals surface area (Å²) in [7, 11) is 0. The number of hydrogen-bond donors (Lipinski definition) is 1. The average Bonchev–Trinajstić information content (AvgIpc) is 2.74. The summed E-state index contributed by atoms with van der Waals surface area (Å²) in [5.41, 5.74) is 4.51. The molecule has 0 atom stereocenters. The minimum atomic E-state index is -0.392. The lowest BCUT2D eigenvalue weighted by Gasteiger charge is -2.22. The van der Waals surface area contributed by atoms with Gasteiger partial charge in [-0.15, -0.1) is 0 Å². The maximum absolute atomic E-state index is 12.7. The SMILES string of the molecule is CCCCc1cc(OC(=O)CCc2cc(C)c(O)c(C(C)(C)C)c2)c(OC(=O)CC)cc1C. The van der Waals surface area contributed by atoms with E-state index in [1.165, 1.54) is 0 Å². The summed E-state index contributed by atoms with van der Waals surface area (Å²) in [6, 6.07) is 7.46. The Balaban J connectivity index is 2.21. The van der Waals surface area contributed by atoms with Crippen molar-refractivity contribution in [3.05, 3.63) is 52.1 Å². The van der Waals surface area contributed by atoms with Crippen molar-refractivity contribution < 1.29 is 24.2 Å². The summed E-state index contributed by atoms with van der Waals surface area (Å²) in [5.74, 6) is 0.106. The van der Waals surface area contributed by atoms with Crippen molar-refractivity contribution >= 4 is 11.9 Å². The van der Waals surface area contributed by atoms with Crippen LogP contribution < -0.4 is 9.47 Å². The largest absolute Gasteiger partial charge is 0.507 e. The average molecular weight is 455 g/mol. The molecule has 2 aromatic carbocycles. The molecule has 0 radical (unpaired) electrons. The Morgan fingerprint density at radius 2 is 1.52 bits per heavy atom. The topological polar surface area (TPSA) is 72.8 Å². The first kappa shape index (κ1) is 26.4. The number of phenolic OH excluding ortho intramolecular Hbond substituents is 1. The highest BCUT2D eigenvalue weighted by molar-refractivity contribution is 5.76. The van der Waals surface area contributed by atoms with Crippen LogP contribution in [0.3, 0.4) is 0 Å². The van der Waals surface area contributed by atoms with Crippen molar-refractivity contribution in [1.29, 1.82) is 0 Å². The first-order chi connectivity index (χ1) is 15.5. The van der Waals surface area contributed by atoms with E-state index in [1.807, 2.05) is 52.8 Å². The molecular formula is C28H38O5. The smallest absolute Gasteiger partial charge is 0.311 e. The fraction of sp³-hybridized carbons (Fsp3) is 0.500. The van der Waals surface area contributed by atoms with Gasteiger partial charge in [0.25, 0.3) is 0 Å². The molecule has 0 bridgehead atoms. The molecule has 2 aromatic rings. The molecule has 0 spiro atoms. The van der Waals surface area contributed by atoms with Crippen LogP contribution in [0.4, 0.5) is 0 Å². The molecule has 0 aliphatic carbocycles. The van der Waals surface area contributed by atoms with E-state index < -0.39 is 5.97 Å². The number of esters is 2. The van der Waals surface area contributed by atoms with Gasteiger partial charge in [0.05, 0.1) is 0 Å². The predicted octanol–water partition coefficient (Wildman–Crippen LogP) is 6.50. The van der Waals surface area contributed by atoms with Crippen LogP contribution in [0.2, 0.25) is 0 Å². The van der Waals surface area contributed by atoms with Gasteiger partial charge in [-0.25, -0.2) is 0 Å². The quantitative estimate of drug-likeness (QED) is 0.346. The first-order valence-corrected chi connectivity index (χ1v) is 11.8. The van der Waals surface area contributed by atoms with Crippen LogP contribution in [0, 0.1) is 13.8 Å². The monoisotopic (exact) mass is 454 g/mol. The van der Waals surface area contributed by atoms with Gasteiger partial charge in [-0.1, -0.05) is 53.2 Å². The Labute approximate surface area is 198 Å². The molecule has 0 aliphatic rings. The fourth-order valence-electron chi connectivity index (χ4n) is 3.68. The Hall–Kier alpha value is -2.82. The number of ether oxygens (including phenoxy) is 2. The number of carbonyl (C=O) groups is 2. The van der Waals surface area contributed by atoms with Crippen LogP contribution in [-0.4, -0.2) is 17.0 Å². The molecule has 0 heterocycles. The molecule has 2 rings (SSSR count).